The first-order valence-electron chi connectivity index (χ1n) is 6.37. The molecule has 108 valence electrons. The van der Waals surface area contributed by atoms with E-state index in [1.807, 2.05) is 0 Å². The fourth-order valence-corrected chi connectivity index (χ4v) is 2.33. The van der Waals surface area contributed by atoms with Crippen molar-refractivity contribution in [2.24, 2.45) is 0 Å². The molecule has 0 spiro atoms. The lowest BCUT2D eigenvalue weighted by Gasteiger charge is -2.17. The molecule has 0 aromatic heterocycles. The van der Waals surface area contributed by atoms with Crippen molar-refractivity contribution in [3.05, 3.63) is 72.0 Å². The number of allylic oxidation sites excluding steroid dienone is 1. The van der Waals surface area contributed by atoms with E-state index in [1.165, 1.54) is 12.1 Å². The normalized spacial score (nSPS) is 11.3. The van der Waals surface area contributed by atoms with Crippen molar-refractivity contribution in [1.82, 2.24) is 0 Å². The van der Waals surface area contributed by atoms with Crippen LogP contribution in [0.25, 0.3) is 0 Å². The maximum Gasteiger partial charge on any atom is 0.416 e. The molecule has 0 fully saturated rings. The monoisotopic (exact) mass is 292 g/mol. The summed E-state index contributed by atoms with van der Waals surface area (Å²) in [6.07, 6.45) is -4.43. The summed E-state index contributed by atoms with van der Waals surface area (Å²) in [5.74, 6) is -0.456. The van der Waals surface area contributed by atoms with Gasteiger partial charge in [-0.1, -0.05) is 54.9 Å². The second-order valence-electron chi connectivity index (χ2n) is 4.92. The molecule has 0 unspecified atom stereocenters. The molecule has 21 heavy (non-hydrogen) atoms. The van der Waals surface area contributed by atoms with E-state index in [2.05, 4.69) is 6.58 Å². The zero-order valence-corrected chi connectivity index (χ0v) is 11.4. The van der Waals surface area contributed by atoms with Gasteiger partial charge in [0.1, 0.15) is 5.82 Å². The van der Waals surface area contributed by atoms with Crippen molar-refractivity contribution in [2.75, 3.05) is 0 Å². The smallest absolute Gasteiger partial charge is 0.208 e. The fraction of sp³-hybridized carbons (Fsp3) is 0.125. The zero-order chi connectivity index (χ0) is 15.6. The number of benzene rings is 2. The van der Waals surface area contributed by atoms with Gasteiger partial charge in [0.25, 0.3) is 0 Å². The van der Waals surface area contributed by atoms with E-state index in [9.17, 15) is 17.6 Å². The van der Waals surface area contributed by atoms with Gasteiger partial charge in [-0.05, 0) is 11.5 Å². The molecule has 0 radical (unpaired) electrons. The van der Waals surface area contributed by atoms with Crippen LogP contribution in [0, 0.1) is 5.82 Å². The summed E-state index contributed by atoms with van der Waals surface area (Å²) in [6.45, 7) is 4.87. The summed E-state index contributed by atoms with van der Waals surface area (Å²) in [5.41, 5.74) is 0.536. The van der Waals surface area contributed by atoms with Crippen LogP contribution in [0.5, 0.6) is 0 Å². The lowest BCUT2D eigenvalue weighted by atomic mass is 9.36. The molecule has 0 heterocycles. The molecule has 2 rings (SSSR count). The molecule has 5 heteroatoms. The van der Waals surface area contributed by atoms with Crippen LogP contribution in [0.3, 0.4) is 0 Å². The first kappa shape index (κ1) is 15.4. The molecule has 0 aliphatic heterocycles. The third kappa shape index (κ3) is 3.35. The van der Waals surface area contributed by atoms with E-state index >= 15 is 0 Å². The molecule has 0 saturated carbocycles. The Morgan fingerprint density at radius 3 is 2.29 bits per heavy atom. The Labute approximate surface area is 121 Å². The van der Waals surface area contributed by atoms with Crippen LogP contribution in [-0.2, 0) is 6.18 Å². The molecule has 0 atom stereocenters. The van der Waals surface area contributed by atoms with Gasteiger partial charge in [0.15, 0.2) is 0 Å². The molecule has 0 N–H and O–H groups in total. The van der Waals surface area contributed by atoms with Gasteiger partial charge >= 0.3 is 6.18 Å². The highest BCUT2D eigenvalue weighted by molar-refractivity contribution is 6.90. The topological polar surface area (TPSA) is 0 Å². The summed E-state index contributed by atoms with van der Waals surface area (Å²) in [5, 5.41) is 0. The zero-order valence-electron chi connectivity index (χ0n) is 11.4. The predicted molar refractivity (Wildman–Crippen MR) is 77.7 cm³/mol. The number of halogens is 4. The Balaban J connectivity index is 2.55. The van der Waals surface area contributed by atoms with Gasteiger partial charge < -0.3 is 0 Å². The van der Waals surface area contributed by atoms with Crippen LogP contribution in [0.2, 0.25) is 0 Å². The van der Waals surface area contributed by atoms with Gasteiger partial charge in [-0.2, -0.15) is 13.2 Å². The average molecular weight is 292 g/mol. The van der Waals surface area contributed by atoms with Gasteiger partial charge in [-0.3, -0.25) is 0 Å². The van der Waals surface area contributed by atoms with Crippen LogP contribution in [0.1, 0.15) is 12.5 Å². The minimum atomic E-state index is -4.43. The Bertz CT molecular complexity index is 661. The van der Waals surface area contributed by atoms with Crippen molar-refractivity contribution in [2.45, 2.75) is 13.1 Å². The highest BCUT2D eigenvalue weighted by atomic mass is 19.4. The van der Waals surface area contributed by atoms with Crippen molar-refractivity contribution >= 4 is 17.6 Å². The van der Waals surface area contributed by atoms with Gasteiger partial charge in [-0.15, -0.1) is 12.1 Å². The molecule has 0 saturated heterocycles. The highest BCUT2D eigenvalue weighted by Crippen LogP contribution is 2.28. The molecule has 0 bridgehead atoms. The summed E-state index contributed by atoms with van der Waals surface area (Å²) >= 11 is 0. The Kier molecular flexibility index (Phi) is 4.21. The van der Waals surface area contributed by atoms with Crippen molar-refractivity contribution in [1.29, 1.82) is 0 Å². The first-order chi connectivity index (χ1) is 9.80. The van der Waals surface area contributed by atoms with Crippen LogP contribution < -0.4 is 10.9 Å². The van der Waals surface area contributed by atoms with Crippen molar-refractivity contribution in [3.8, 4) is 0 Å². The second-order valence-corrected chi connectivity index (χ2v) is 4.92. The maximum absolute atomic E-state index is 14.0. The fourth-order valence-electron chi connectivity index (χ4n) is 2.33. The van der Waals surface area contributed by atoms with E-state index < -0.39 is 24.3 Å². The highest BCUT2D eigenvalue weighted by Gasteiger charge is 2.32. The molecular weight excluding hydrogens is 279 g/mol. The second kappa shape index (κ2) is 5.76. The van der Waals surface area contributed by atoms with Crippen LogP contribution in [-0.4, -0.2) is 6.71 Å². The third-order valence-electron chi connectivity index (χ3n) is 3.26. The summed E-state index contributed by atoms with van der Waals surface area (Å²) in [7, 11) is 0. The lowest BCUT2D eigenvalue weighted by molar-refractivity contribution is -0.137. The molecule has 0 nitrogen and oxygen atoms in total. The Morgan fingerprint density at radius 2 is 1.71 bits per heavy atom. The minimum Gasteiger partial charge on any atom is -0.208 e. The van der Waals surface area contributed by atoms with Crippen molar-refractivity contribution < 1.29 is 17.6 Å². The molecule has 2 aromatic rings. The summed E-state index contributed by atoms with van der Waals surface area (Å²) < 4.78 is 52.4. The van der Waals surface area contributed by atoms with Crippen LogP contribution >= 0.6 is 0 Å². The number of hydrogen-bond acceptors (Lipinski definition) is 0. The largest absolute Gasteiger partial charge is 0.416 e. The van der Waals surface area contributed by atoms with E-state index in [4.69, 9.17) is 0 Å². The molecule has 0 aliphatic rings. The van der Waals surface area contributed by atoms with Gasteiger partial charge in [0, 0.05) is 0 Å². The minimum absolute atomic E-state index is 0.323. The van der Waals surface area contributed by atoms with Gasteiger partial charge in [-0.25, -0.2) is 4.39 Å². The SMILES string of the molecule is C=C(C)B(c1cccc(C(F)(F)F)c1)c1ccccc1F. The van der Waals surface area contributed by atoms with Gasteiger partial charge in [0.05, 0.1) is 5.56 Å². The number of rotatable bonds is 3. The third-order valence-corrected chi connectivity index (χ3v) is 3.26. The first-order valence-corrected chi connectivity index (χ1v) is 6.37. The van der Waals surface area contributed by atoms with Crippen molar-refractivity contribution in [3.63, 3.8) is 0 Å². The number of hydrogen-bond donors (Lipinski definition) is 0. The molecule has 0 aliphatic carbocycles. The van der Waals surface area contributed by atoms with E-state index in [-0.39, 0.29) is 0 Å². The molecule has 2 aromatic carbocycles. The van der Waals surface area contributed by atoms with Crippen LogP contribution in [0.15, 0.2) is 60.6 Å². The standard InChI is InChI=1S/C16H13BF4/c1-11(2)17(14-8-3-4-9-15(14)18)13-7-5-6-12(10-13)16(19,20)21/h3-10H,1H2,2H3. The molecule has 0 amide bonds. The Hall–Kier alpha value is -2.04. The predicted octanol–water partition coefficient (Wildman–Crippen LogP) is 3.57. The lowest BCUT2D eigenvalue weighted by Crippen LogP contribution is -2.45. The summed E-state index contributed by atoms with van der Waals surface area (Å²) in [4.78, 5) is 0. The Morgan fingerprint density at radius 1 is 1.05 bits per heavy atom. The average Bonchev–Trinajstić information content (AvgIpc) is 2.40. The van der Waals surface area contributed by atoms with Crippen LogP contribution in [0.4, 0.5) is 17.6 Å². The van der Waals surface area contributed by atoms with E-state index in [0.29, 0.717) is 16.4 Å². The summed E-state index contributed by atoms with van der Waals surface area (Å²) in [6, 6.07) is 11.0. The van der Waals surface area contributed by atoms with E-state index in [0.717, 1.165) is 12.1 Å². The molecular formula is C16H13BF4. The van der Waals surface area contributed by atoms with E-state index in [1.54, 1.807) is 31.2 Å². The number of alkyl halides is 3. The van der Waals surface area contributed by atoms with Gasteiger partial charge in [0.2, 0.25) is 6.71 Å². The maximum atomic E-state index is 14.0. The quantitative estimate of drug-likeness (QED) is 0.599.